The van der Waals surface area contributed by atoms with E-state index in [1.54, 1.807) is 48.5 Å². The average Bonchev–Trinajstić information content (AvgIpc) is 0.832. The number of aliphatic hydroxyl groups is 6. The van der Waals surface area contributed by atoms with E-state index in [2.05, 4.69) is 59.7 Å². The van der Waals surface area contributed by atoms with Gasteiger partial charge >= 0.3 is 0 Å². The molecule has 4 unspecified atom stereocenters. The topological polar surface area (TPSA) is 594 Å². The van der Waals surface area contributed by atoms with E-state index in [-0.39, 0.29) is 151 Å². The van der Waals surface area contributed by atoms with Crippen LogP contribution in [0.2, 0.25) is 37.7 Å². The maximum atomic E-state index is 14.5. The highest BCUT2D eigenvalue weighted by atomic mass is 16.5. The fraction of sp³-hybridized carbons (Fsp3) is 0.848. The predicted octanol–water partition coefficient (Wildman–Crippen LogP) is -1.36. The highest BCUT2D eigenvalue weighted by Crippen LogP contribution is 2.38. The van der Waals surface area contributed by atoms with Crippen LogP contribution in [0.4, 0.5) is 0 Å². The molecule has 147 heavy (non-hydrogen) atoms. The van der Waals surface area contributed by atoms with Crippen LogP contribution in [0.5, 0.6) is 0 Å². The number of ketones is 2. The number of carbonyl (C=O) groups excluding carboxylic acids is 13. The summed E-state index contributed by atoms with van der Waals surface area (Å²) in [4.78, 5) is 168. The summed E-state index contributed by atoms with van der Waals surface area (Å²) in [6.45, 7) is 24.9. The van der Waals surface area contributed by atoms with Gasteiger partial charge in [0.05, 0.1) is 259 Å². The molecule has 6 fully saturated rings. The number of amides is 11. The van der Waals surface area contributed by atoms with Crippen LogP contribution in [0.25, 0.3) is 0 Å². The van der Waals surface area contributed by atoms with Crippen LogP contribution < -0.4 is 69.5 Å². The van der Waals surface area contributed by atoms with Crippen molar-refractivity contribution in [1.82, 2.24) is 73.6 Å². The van der Waals surface area contributed by atoms with Gasteiger partial charge in [-0.1, -0.05) is 46.1 Å². The van der Waals surface area contributed by atoms with E-state index in [9.17, 15) is 93.0 Å². The quantitative estimate of drug-likeness (QED) is 0.0145. The summed E-state index contributed by atoms with van der Waals surface area (Å²) in [5, 5.41) is 93.7. The lowest BCUT2D eigenvalue weighted by molar-refractivity contribution is -0.138. The summed E-state index contributed by atoms with van der Waals surface area (Å²) < 4.78 is 65.7. The molecule has 0 aromatic heterocycles. The molecule has 0 bridgehead atoms. The molecule has 12 radical (unpaired) electrons. The van der Waals surface area contributed by atoms with Crippen molar-refractivity contribution in [3.05, 3.63) is 12.7 Å². The smallest absolute Gasteiger partial charge is 0.244 e. The van der Waals surface area contributed by atoms with E-state index in [1.807, 2.05) is 6.92 Å². The normalized spacial score (nSPS) is 31.2. The SMILES string of the molecule is [3H]N(CCCC[C@H]1O[C@H](C)[C@H](O)[C@H]([B])[C@H]1NC(C)=O)CC(=O)N(CCCC[C@@H]1O[C@@H](C)[C@@H](O)[C@@H]([B])[C@@H]1NC(C)=O)CC(=O)C(CCCC[C@H]1O[C@H](C)[C@H](O)[C@H]([B])[C@H]1NC(C)=O)COCNCNC(=O)C(CC)CC(C)C(N)=O.[3H]N(CCCC[C@H]1O[C@H](C)[C@H](O)[C@H]([B])[C@H]1NC(C)=O)CC(=O)N(CCCC[C@@H]1O[C@@H](C)[C@@H](O)[C@@H]([B])[C@@H]1NC(C)=O)CC(=O)C(CCCC[C@H]1O[C@H](C)[C@H](O)[C@H]([B])[C@H]1NC(C)=O)COCNCNC(=O)C=C. The highest BCUT2D eigenvalue weighted by molar-refractivity contribution is 6.15. The number of nitrogens with one attached hydrogen (secondary N) is 12. The number of carbonyl (C=O) groups is 13. The van der Waals surface area contributed by atoms with Crippen molar-refractivity contribution in [3.63, 3.8) is 0 Å². The molecule has 0 aromatic rings. The molecule has 34 atom stereocenters. The minimum absolute atomic E-state index is 0.000629. The fourth-order valence-corrected chi connectivity index (χ4v) is 19.8. The lowest BCUT2D eigenvalue weighted by atomic mass is 9.70. The van der Waals surface area contributed by atoms with Crippen LogP contribution in [0.1, 0.15) is 238 Å². The first kappa shape index (κ1) is 127. The van der Waals surface area contributed by atoms with Crippen molar-refractivity contribution in [3.8, 4) is 0 Å². The number of hydrogen-bond donors (Lipinski definition) is 19. The van der Waals surface area contributed by atoms with E-state index in [1.165, 1.54) is 51.3 Å². The maximum absolute atomic E-state index is 14.5. The number of Topliss-reactive ketones (excluding diaryl/α,β-unsaturated/α-hetero) is 2. The molecule has 0 saturated carbocycles. The Balaban J connectivity index is 0.000000526. The number of unbranched alkanes of at least 4 members (excludes halogenated alkanes) is 6. The summed E-state index contributed by atoms with van der Waals surface area (Å²) in [6.07, 6.45) is -0.828. The molecule has 42 nitrogen and oxygen atoms in total. The largest absolute Gasteiger partial charge is 0.391 e. The van der Waals surface area contributed by atoms with E-state index in [0.717, 1.165) is 16.7 Å². The number of aliphatic hydroxyl groups excluding tert-OH is 6. The fourth-order valence-electron chi connectivity index (χ4n) is 19.8. The van der Waals surface area contributed by atoms with Crippen molar-refractivity contribution in [2.75, 3.05) is 92.4 Å². The molecule has 0 spiro atoms. The maximum Gasteiger partial charge on any atom is 0.244 e. The summed E-state index contributed by atoms with van der Waals surface area (Å²) in [6, 6.07) is -3.80. The first-order chi connectivity index (χ1) is 70.3. The average molecular weight is 2070 g/mol. The van der Waals surface area contributed by atoms with Crippen LogP contribution in [0.3, 0.4) is 0 Å². The molecule has 6 saturated heterocycles. The second-order valence-corrected chi connectivity index (χ2v) is 40.6. The van der Waals surface area contributed by atoms with Gasteiger partial charge in [0, 0.05) is 78.3 Å². The summed E-state index contributed by atoms with van der Waals surface area (Å²) >= 11 is 0. The minimum atomic E-state index is -1.00. The first-order valence-corrected chi connectivity index (χ1v) is 52.6. The second kappa shape index (κ2) is 68.1. The number of rotatable bonds is 64. The highest BCUT2D eigenvalue weighted by Gasteiger charge is 2.48. The molecule has 0 aliphatic carbocycles. The zero-order valence-corrected chi connectivity index (χ0v) is 89.0. The number of nitrogens with two attached hydrogens (primary N) is 1. The van der Waals surface area contributed by atoms with Gasteiger partial charge in [0.2, 0.25) is 65.0 Å². The molecule has 48 heteroatoms. The molecule has 20 N–H and O–H groups in total. The Kier molecular flexibility index (Phi) is 58.8. The molecule has 6 aliphatic heterocycles. The van der Waals surface area contributed by atoms with Gasteiger partial charge in [0.25, 0.3) is 0 Å². The molecule has 822 valence electrons. The van der Waals surface area contributed by atoms with Gasteiger partial charge in [-0.25, -0.2) is 0 Å². The van der Waals surface area contributed by atoms with Crippen molar-refractivity contribution >= 4 is 124 Å². The second-order valence-electron chi connectivity index (χ2n) is 40.6. The van der Waals surface area contributed by atoms with Crippen LogP contribution in [0.15, 0.2) is 12.7 Å². The number of ether oxygens (including phenoxy) is 8. The molecule has 6 heterocycles. The van der Waals surface area contributed by atoms with E-state index in [0.29, 0.717) is 141 Å². The summed E-state index contributed by atoms with van der Waals surface area (Å²) in [7, 11) is 37.9. The Morgan fingerprint density at radius 3 is 0.912 bits per heavy atom. The summed E-state index contributed by atoms with van der Waals surface area (Å²) in [5.41, 5.74) is 5.42. The molecular formula is C99H171B6N15O27. The molecular weight excluding hydrogens is 1900 g/mol. The van der Waals surface area contributed by atoms with E-state index in [4.69, 9.17) is 93.5 Å². The van der Waals surface area contributed by atoms with Gasteiger partial charge < -0.3 is 137 Å². The molecule has 0 aromatic carbocycles. The predicted molar refractivity (Wildman–Crippen MR) is 554 cm³/mol. The van der Waals surface area contributed by atoms with Gasteiger partial charge in [-0.2, -0.15) is 0 Å². The van der Waals surface area contributed by atoms with Crippen molar-refractivity contribution in [1.29, 1.82) is 0 Å². The monoisotopic (exact) mass is 2070 g/mol. The molecule has 6 rings (SSSR count). The Morgan fingerprint density at radius 2 is 0.660 bits per heavy atom. The number of hydrogen-bond acceptors (Lipinski definition) is 31. The number of primary amides is 1. The Bertz CT molecular complexity index is 4120. The van der Waals surface area contributed by atoms with Crippen LogP contribution in [-0.2, 0) is 100 Å². The first-order valence-electron chi connectivity index (χ1n) is 53.5. The zero-order valence-electron chi connectivity index (χ0n) is 91.0. The zero-order chi connectivity index (χ0) is 111. The third kappa shape index (κ3) is 44.9. The van der Waals surface area contributed by atoms with Gasteiger partial charge in [0.15, 0.2) is 11.6 Å². The lowest BCUT2D eigenvalue weighted by Crippen LogP contribution is -2.57. The number of nitrogens with zero attached hydrogens (tertiary/aromatic N) is 2. The van der Waals surface area contributed by atoms with Crippen molar-refractivity contribution in [2.24, 2.45) is 29.4 Å². The third-order valence-corrected chi connectivity index (χ3v) is 28.5. The van der Waals surface area contributed by atoms with Crippen molar-refractivity contribution in [2.45, 2.75) is 419 Å². The molecule has 6 aliphatic rings. The Labute approximate surface area is 880 Å². The Morgan fingerprint density at radius 1 is 0.401 bits per heavy atom. The summed E-state index contributed by atoms with van der Waals surface area (Å²) in [5.74, 6) is -11.3. The Hall–Kier alpha value is -7.08. The van der Waals surface area contributed by atoms with Crippen LogP contribution in [-0.4, -0.2) is 403 Å². The van der Waals surface area contributed by atoms with Gasteiger partial charge in [-0.3, -0.25) is 73.0 Å². The third-order valence-electron chi connectivity index (χ3n) is 28.5. The lowest BCUT2D eigenvalue weighted by Gasteiger charge is -2.43. The van der Waals surface area contributed by atoms with Gasteiger partial charge in [-0.05, 0) is 211 Å². The van der Waals surface area contributed by atoms with Crippen molar-refractivity contribution < 1.29 is 134 Å². The molecule has 11 amide bonds. The standard InChI is InChI=1S/C52H91B3N8O14.C47H80B3N7O13/c1-9-35(22-28(2)51(56)72)52(73)59-26-58-27-74-25-36(16-10-11-17-38-45(60-32(6)64)42(53)48(69)29(3)75-38)37(67)24-63(21-15-13-19-40-47(62-34(8)66)44(55)50(71)31(5)77-40)41(68)23-57-20-14-12-18-39-46(61-33(7)65)43(54)49(70)30(4)76-39;1-8-37(62)53-24-52-25-67-23-32(15-9-10-16-34-42(54-29(5)58)39(48)45(64)26(2)68-34)33(61)22-57(20-14-12-18-36-44(56-31(7)60)41(50)47(66)28(4)70-36)38(63)21-51-19-13-11-17-35-43(55-30(6)59)40(49)46(65)27(3)69-35/h28-31,35-36,38-40,42-50,57-58,69-71H,9-27H2,1-8H3,(H2,56,72)(H,59,73)(H,60,64)(H,61,65)(H,62,66);8,26-28,32,34-36,39-47,51-52,64-66H,1,9-25H2,2-7H3,(H,53,62)(H,54,58)(H,55,59)(H,56,60)/t28?,29-,30-,31+,35?,36?,38-,39-,40+,42-,43-,44+,45+,46+,47-,48+,49+,50-;26-,27-,28+,32?,34-,35-,36+,39-,40-,41+,42+,43+,44-,45+,46+,47-/m11/s1/i/hT2. The van der Waals surface area contributed by atoms with E-state index < -0.39 is 222 Å². The van der Waals surface area contributed by atoms with E-state index >= 15 is 0 Å². The van der Waals surface area contributed by atoms with Crippen LogP contribution in [0, 0.1) is 23.7 Å². The minimum Gasteiger partial charge on any atom is -0.391 e. The van der Waals surface area contributed by atoms with Gasteiger partial charge in [-0.15, -0.1) is 0 Å². The van der Waals surface area contributed by atoms with Gasteiger partial charge in [0.1, 0.15) is 2.82 Å². The van der Waals surface area contributed by atoms with Crippen LogP contribution >= 0.6 is 0 Å².